The molecule has 1 aliphatic carbocycles. The SMILES string of the molecule is C=C1c2ccccc2C(=O)N1CC(=O)NC1(C(=O)O)CCC(C)CC1. The topological polar surface area (TPSA) is 86.7 Å². The second-order valence-corrected chi connectivity index (χ2v) is 7.00. The van der Waals surface area contributed by atoms with E-state index in [1.807, 2.05) is 6.07 Å². The van der Waals surface area contributed by atoms with Crippen molar-refractivity contribution in [2.75, 3.05) is 6.54 Å². The van der Waals surface area contributed by atoms with Crippen LogP contribution >= 0.6 is 0 Å². The van der Waals surface area contributed by atoms with Gasteiger partial charge in [0.15, 0.2) is 0 Å². The second kappa shape index (κ2) is 6.35. The number of carboxylic acid groups (broad SMARTS) is 1. The van der Waals surface area contributed by atoms with Gasteiger partial charge in [0.2, 0.25) is 5.91 Å². The molecule has 2 amide bonds. The molecule has 0 atom stereocenters. The number of carbonyl (C=O) groups excluding carboxylic acids is 2. The average molecular weight is 342 g/mol. The Hall–Kier alpha value is -2.63. The molecule has 0 aromatic heterocycles. The van der Waals surface area contributed by atoms with Crippen molar-refractivity contribution in [1.29, 1.82) is 0 Å². The quantitative estimate of drug-likeness (QED) is 0.879. The van der Waals surface area contributed by atoms with Crippen molar-refractivity contribution in [3.8, 4) is 0 Å². The summed E-state index contributed by atoms with van der Waals surface area (Å²) in [5.41, 5.74) is 0.456. The monoisotopic (exact) mass is 342 g/mol. The summed E-state index contributed by atoms with van der Waals surface area (Å²) in [6.45, 7) is 5.75. The summed E-state index contributed by atoms with van der Waals surface area (Å²) in [5, 5.41) is 12.3. The first-order chi connectivity index (χ1) is 11.8. The molecule has 0 spiro atoms. The molecule has 0 bridgehead atoms. The molecule has 2 aliphatic rings. The summed E-state index contributed by atoms with van der Waals surface area (Å²) >= 11 is 0. The van der Waals surface area contributed by atoms with E-state index >= 15 is 0 Å². The molecule has 1 saturated carbocycles. The molecule has 2 N–H and O–H groups in total. The van der Waals surface area contributed by atoms with Crippen LogP contribution in [0.25, 0.3) is 5.70 Å². The lowest BCUT2D eigenvalue weighted by atomic mass is 9.77. The Labute approximate surface area is 146 Å². The molecule has 1 aromatic carbocycles. The number of amides is 2. The van der Waals surface area contributed by atoms with Crippen LogP contribution in [0.3, 0.4) is 0 Å². The van der Waals surface area contributed by atoms with Gasteiger partial charge in [-0.25, -0.2) is 4.79 Å². The van der Waals surface area contributed by atoms with Gasteiger partial charge in [0.25, 0.3) is 5.91 Å². The van der Waals surface area contributed by atoms with E-state index < -0.39 is 17.4 Å². The van der Waals surface area contributed by atoms with Crippen LogP contribution in [0.15, 0.2) is 30.8 Å². The van der Waals surface area contributed by atoms with Gasteiger partial charge >= 0.3 is 5.97 Å². The van der Waals surface area contributed by atoms with Crippen molar-refractivity contribution in [3.63, 3.8) is 0 Å². The highest BCUT2D eigenvalue weighted by Crippen LogP contribution is 2.33. The van der Waals surface area contributed by atoms with Gasteiger partial charge in [-0.1, -0.05) is 31.7 Å². The molecule has 132 valence electrons. The van der Waals surface area contributed by atoms with Crippen LogP contribution in [0.4, 0.5) is 0 Å². The van der Waals surface area contributed by atoms with Crippen LogP contribution in [0.5, 0.6) is 0 Å². The Morgan fingerprint density at radius 3 is 2.44 bits per heavy atom. The Balaban J connectivity index is 1.72. The number of nitrogens with zero attached hydrogens (tertiary/aromatic N) is 1. The van der Waals surface area contributed by atoms with Gasteiger partial charge in [0.1, 0.15) is 12.1 Å². The van der Waals surface area contributed by atoms with E-state index in [0.717, 1.165) is 12.8 Å². The number of hydrogen-bond acceptors (Lipinski definition) is 3. The minimum absolute atomic E-state index is 0.225. The molecule has 1 aliphatic heterocycles. The van der Waals surface area contributed by atoms with E-state index in [2.05, 4.69) is 18.8 Å². The zero-order valence-electron chi connectivity index (χ0n) is 14.2. The smallest absolute Gasteiger partial charge is 0.329 e. The maximum Gasteiger partial charge on any atom is 0.329 e. The fourth-order valence-corrected chi connectivity index (χ4v) is 3.60. The summed E-state index contributed by atoms with van der Waals surface area (Å²) in [5.74, 6) is -1.31. The summed E-state index contributed by atoms with van der Waals surface area (Å²) in [6.07, 6.45) is 2.33. The van der Waals surface area contributed by atoms with Gasteiger partial charge in [-0.2, -0.15) is 0 Å². The molecule has 6 heteroatoms. The molecule has 6 nitrogen and oxygen atoms in total. The zero-order chi connectivity index (χ0) is 18.2. The predicted molar refractivity (Wildman–Crippen MR) is 92.7 cm³/mol. The van der Waals surface area contributed by atoms with Crippen LogP contribution in [-0.2, 0) is 9.59 Å². The average Bonchev–Trinajstić information content (AvgIpc) is 2.82. The minimum atomic E-state index is -1.24. The van der Waals surface area contributed by atoms with Gasteiger partial charge in [-0.05, 0) is 37.7 Å². The van der Waals surface area contributed by atoms with E-state index in [1.165, 1.54) is 4.90 Å². The molecule has 0 radical (unpaired) electrons. The molecule has 0 unspecified atom stereocenters. The van der Waals surface area contributed by atoms with E-state index in [1.54, 1.807) is 18.2 Å². The molecule has 25 heavy (non-hydrogen) atoms. The van der Waals surface area contributed by atoms with Crippen molar-refractivity contribution in [3.05, 3.63) is 42.0 Å². The lowest BCUT2D eigenvalue weighted by Gasteiger charge is -2.36. The number of carbonyl (C=O) groups is 3. The van der Waals surface area contributed by atoms with E-state index in [0.29, 0.717) is 35.6 Å². The highest BCUT2D eigenvalue weighted by Gasteiger charge is 2.43. The summed E-state index contributed by atoms with van der Waals surface area (Å²) < 4.78 is 0. The van der Waals surface area contributed by atoms with Crippen LogP contribution < -0.4 is 5.32 Å². The summed E-state index contributed by atoms with van der Waals surface area (Å²) in [4.78, 5) is 38.0. The molecular formula is C19H22N2O4. The minimum Gasteiger partial charge on any atom is -0.480 e. The van der Waals surface area contributed by atoms with Gasteiger partial charge in [-0.15, -0.1) is 0 Å². The van der Waals surface area contributed by atoms with E-state index in [4.69, 9.17) is 0 Å². The Morgan fingerprint density at radius 1 is 1.28 bits per heavy atom. The fraction of sp³-hybridized carbons (Fsp3) is 0.421. The van der Waals surface area contributed by atoms with Crippen molar-refractivity contribution in [2.45, 2.75) is 38.1 Å². The number of aliphatic carboxylic acids is 1. The molecule has 1 heterocycles. The standard InChI is InChI=1S/C19H22N2O4/c1-12-7-9-19(10-8-12,18(24)25)20-16(22)11-21-13(2)14-5-3-4-6-15(14)17(21)23/h3-6,12H,2,7-11H2,1H3,(H,20,22)(H,24,25). The number of fused-ring (bicyclic) bond motifs is 1. The lowest BCUT2D eigenvalue weighted by Crippen LogP contribution is -2.58. The molecular weight excluding hydrogens is 320 g/mol. The van der Waals surface area contributed by atoms with Crippen LogP contribution in [0.2, 0.25) is 0 Å². The number of carboxylic acids is 1. The fourth-order valence-electron chi connectivity index (χ4n) is 3.60. The van der Waals surface area contributed by atoms with Gasteiger partial charge in [-0.3, -0.25) is 14.5 Å². The maximum absolute atomic E-state index is 12.5. The number of hydrogen-bond donors (Lipinski definition) is 2. The summed E-state index contributed by atoms with van der Waals surface area (Å²) in [7, 11) is 0. The summed E-state index contributed by atoms with van der Waals surface area (Å²) in [6, 6.07) is 7.05. The van der Waals surface area contributed by atoms with Gasteiger partial charge < -0.3 is 10.4 Å². The maximum atomic E-state index is 12.5. The first-order valence-electron chi connectivity index (χ1n) is 8.48. The third kappa shape index (κ3) is 3.04. The van der Waals surface area contributed by atoms with Gasteiger partial charge in [0.05, 0.1) is 0 Å². The van der Waals surface area contributed by atoms with Crippen LogP contribution in [-0.4, -0.2) is 39.9 Å². The number of benzene rings is 1. The van der Waals surface area contributed by atoms with E-state index in [-0.39, 0.29) is 12.5 Å². The Bertz CT molecular complexity index is 713. The molecule has 3 rings (SSSR count). The molecule has 0 saturated heterocycles. The van der Waals surface area contributed by atoms with Crippen LogP contribution in [0.1, 0.15) is 48.5 Å². The predicted octanol–water partition coefficient (Wildman–Crippen LogP) is 2.26. The van der Waals surface area contributed by atoms with Crippen molar-refractivity contribution in [2.24, 2.45) is 5.92 Å². The third-order valence-electron chi connectivity index (χ3n) is 5.26. The van der Waals surface area contributed by atoms with Crippen molar-refractivity contribution < 1.29 is 19.5 Å². The van der Waals surface area contributed by atoms with Crippen LogP contribution in [0, 0.1) is 5.92 Å². The van der Waals surface area contributed by atoms with Crippen molar-refractivity contribution >= 4 is 23.5 Å². The second-order valence-electron chi connectivity index (χ2n) is 7.00. The Kier molecular flexibility index (Phi) is 4.37. The third-order valence-corrected chi connectivity index (χ3v) is 5.26. The molecule has 1 aromatic rings. The molecule has 1 fully saturated rings. The lowest BCUT2D eigenvalue weighted by molar-refractivity contribution is -0.149. The van der Waals surface area contributed by atoms with E-state index in [9.17, 15) is 19.5 Å². The van der Waals surface area contributed by atoms with Crippen molar-refractivity contribution in [1.82, 2.24) is 10.2 Å². The number of rotatable bonds is 4. The number of nitrogens with one attached hydrogen (secondary N) is 1. The largest absolute Gasteiger partial charge is 0.480 e. The van der Waals surface area contributed by atoms with Gasteiger partial charge in [0, 0.05) is 16.8 Å². The first-order valence-corrected chi connectivity index (χ1v) is 8.48. The zero-order valence-corrected chi connectivity index (χ0v) is 14.2. The normalized spacial score (nSPS) is 25.6. The highest BCUT2D eigenvalue weighted by atomic mass is 16.4. The Morgan fingerprint density at radius 2 is 1.88 bits per heavy atom. The first kappa shape index (κ1) is 17.2. The highest BCUT2D eigenvalue weighted by molar-refractivity contribution is 6.10.